The van der Waals surface area contributed by atoms with Crippen molar-refractivity contribution in [2.75, 3.05) is 0 Å². The third kappa shape index (κ3) is 4.22. The Morgan fingerprint density at radius 2 is 1.73 bits per heavy atom. The highest BCUT2D eigenvalue weighted by molar-refractivity contribution is 6.16. The summed E-state index contributed by atoms with van der Waals surface area (Å²) in [5.41, 5.74) is 10.7. The Hall–Kier alpha value is -3.72. The summed E-state index contributed by atoms with van der Waals surface area (Å²) in [4.78, 5) is 10.5. The highest BCUT2D eigenvalue weighted by Gasteiger charge is 2.58. The molecule has 2 aromatic carbocycles. The van der Waals surface area contributed by atoms with Gasteiger partial charge in [-0.3, -0.25) is 0 Å². The predicted octanol–water partition coefficient (Wildman–Crippen LogP) is 9.81. The van der Waals surface area contributed by atoms with Gasteiger partial charge in [-0.2, -0.15) is 0 Å². The zero-order valence-corrected chi connectivity index (χ0v) is 26.8. The molecule has 228 valence electrons. The number of amidine groups is 2. The number of nitrogens with zero attached hydrogens (tertiary/aromatic N) is 2. The first-order valence-electron chi connectivity index (χ1n) is 17.6. The Kier molecular flexibility index (Phi) is 6.38. The van der Waals surface area contributed by atoms with Crippen LogP contribution in [0.5, 0.6) is 0 Å². The fourth-order valence-electron chi connectivity index (χ4n) is 10.4. The average Bonchev–Trinajstić information content (AvgIpc) is 3.49. The zero-order valence-electron chi connectivity index (χ0n) is 26.8. The van der Waals surface area contributed by atoms with E-state index < -0.39 is 0 Å². The number of rotatable bonds is 3. The molecule has 0 bridgehead atoms. The Balaban J connectivity index is 1.16. The van der Waals surface area contributed by atoms with Crippen molar-refractivity contribution in [2.24, 2.45) is 33.2 Å². The van der Waals surface area contributed by atoms with E-state index in [1.165, 1.54) is 56.1 Å². The number of allylic oxidation sites excluding steroid dienone is 8. The first-order valence-corrected chi connectivity index (χ1v) is 17.6. The highest BCUT2D eigenvalue weighted by Crippen LogP contribution is 2.67. The molecule has 0 aromatic heterocycles. The van der Waals surface area contributed by atoms with Gasteiger partial charge in [0.05, 0.1) is 0 Å². The van der Waals surface area contributed by atoms with E-state index in [0.29, 0.717) is 29.1 Å². The van der Waals surface area contributed by atoms with E-state index in [1.54, 1.807) is 22.3 Å². The van der Waals surface area contributed by atoms with E-state index in [4.69, 9.17) is 9.98 Å². The predicted molar refractivity (Wildman–Crippen MR) is 185 cm³/mol. The highest BCUT2D eigenvalue weighted by atomic mass is 15.2. The molecule has 1 heterocycles. The molecule has 45 heavy (non-hydrogen) atoms. The SMILES string of the molecule is CC1(C)C2CC=CC=C2C2CC3C(=CC21)C1(CCCCC1)c1ccc(C2N=C(C4=CCCC=C4)NC(c4ccccc4)=N2)cc13. The minimum absolute atomic E-state index is 0.219. The molecule has 5 unspecified atom stereocenters. The van der Waals surface area contributed by atoms with E-state index in [1.807, 2.05) is 0 Å². The lowest BCUT2D eigenvalue weighted by Crippen LogP contribution is -2.36. The molecule has 7 aliphatic rings. The zero-order chi connectivity index (χ0) is 30.2. The summed E-state index contributed by atoms with van der Waals surface area (Å²) in [6, 6.07) is 18.0. The van der Waals surface area contributed by atoms with Crippen molar-refractivity contribution in [1.29, 1.82) is 0 Å². The number of nitrogens with one attached hydrogen (secondary N) is 1. The minimum Gasteiger partial charge on any atom is -0.324 e. The van der Waals surface area contributed by atoms with Crippen LogP contribution in [0.2, 0.25) is 0 Å². The number of benzene rings is 2. The molecule has 6 aliphatic carbocycles. The standard InChI is InChI=1S/C42H45N3/c1-41(2)34-19-11-10-18-30(34)32-25-33-31-24-29(20-21-35(31)42(22-12-5-13-23-42)37(33)26-36(32)41)40-44-38(27-14-6-3-7-15-27)43-39(45-40)28-16-8-4-9-17-28/h3,6-8,10-11,14-18,20-21,24,26,32-34,36,40H,4-5,9,12-13,19,22-23,25H2,1-2H3,(H,43,44,45). The first kappa shape index (κ1) is 27.6. The van der Waals surface area contributed by atoms with Crippen LogP contribution in [-0.4, -0.2) is 11.7 Å². The first-order chi connectivity index (χ1) is 22.0. The van der Waals surface area contributed by atoms with Crippen LogP contribution in [0, 0.1) is 23.2 Å². The number of hydrogen-bond acceptors (Lipinski definition) is 3. The summed E-state index contributed by atoms with van der Waals surface area (Å²) in [6.45, 7) is 5.12. The Bertz CT molecular complexity index is 1750. The molecule has 1 aliphatic heterocycles. The van der Waals surface area contributed by atoms with Gasteiger partial charge in [0.2, 0.25) is 0 Å². The molecule has 9 rings (SSSR count). The van der Waals surface area contributed by atoms with E-state index >= 15 is 0 Å². The van der Waals surface area contributed by atoms with Crippen molar-refractivity contribution in [3.63, 3.8) is 0 Å². The fourth-order valence-corrected chi connectivity index (χ4v) is 10.4. The lowest BCUT2D eigenvalue weighted by molar-refractivity contribution is 0.194. The van der Waals surface area contributed by atoms with E-state index in [0.717, 1.165) is 30.1 Å². The molecule has 0 amide bonds. The van der Waals surface area contributed by atoms with Crippen molar-refractivity contribution < 1.29 is 0 Å². The minimum atomic E-state index is -0.259. The molecule has 2 saturated carbocycles. The van der Waals surface area contributed by atoms with Crippen LogP contribution < -0.4 is 5.32 Å². The smallest absolute Gasteiger partial charge is 0.169 e. The molecule has 1 spiro atoms. The maximum Gasteiger partial charge on any atom is 0.169 e. The lowest BCUT2D eigenvalue weighted by Gasteiger charge is -2.42. The second-order valence-corrected chi connectivity index (χ2v) is 15.2. The monoisotopic (exact) mass is 591 g/mol. The van der Waals surface area contributed by atoms with Crippen LogP contribution in [0.3, 0.4) is 0 Å². The Morgan fingerprint density at radius 3 is 2.56 bits per heavy atom. The average molecular weight is 592 g/mol. The summed E-state index contributed by atoms with van der Waals surface area (Å²) < 4.78 is 0. The van der Waals surface area contributed by atoms with Gasteiger partial charge in [0.15, 0.2) is 6.17 Å². The normalized spacial score (nSPS) is 31.8. The molecule has 2 aromatic rings. The van der Waals surface area contributed by atoms with E-state index in [2.05, 4.69) is 110 Å². The Morgan fingerprint density at radius 1 is 0.889 bits per heavy atom. The molecule has 5 atom stereocenters. The topological polar surface area (TPSA) is 36.8 Å². The molecule has 0 radical (unpaired) electrons. The summed E-state index contributed by atoms with van der Waals surface area (Å²) in [7, 11) is 0. The maximum atomic E-state index is 5.28. The van der Waals surface area contributed by atoms with Crippen molar-refractivity contribution in [1.82, 2.24) is 5.32 Å². The van der Waals surface area contributed by atoms with Crippen LogP contribution in [0.1, 0.15) is 106 Å². The van der Waals surface area contributed by atoms with Gasteiger partial charge in [-0.05, 0) is 78.4 Å². The summed E-state index contributed by atoms with van der Waals surface area (Å²) in [5, 5.41) is 3.60. The van der Waals surface area contributed by atoms with Gasteiger partial charge < -0.3 is 5.32 Å². The maximum absolute atomic E-state index is 5.28. The summed E-state index contributed by atoms with van der Waals surface area (Å²) in [5.74, 6) is 4.32. The second kappa shape index (κ2) is 10.4. The molecule has 3 heteroatoms. The van der Waals surface area contributed by atoms with Gasteiger partial charge in [-0.1, -0.05) is 135 Å². The van der Waals surface area contributed by atoms with Crippen molar-refractivity contribution in [3.05, 3.63) is 130 Å². The van der Waals surface area contributed by atoms with Crippen LogP contribution in [0.15, 0.2) is 118 Å². The largest absolute Gasteiger partial charge is 0.324 e. The second-order valence-electron chi connectivity index (χ2n) is 15.2. The number of hydrogen-bond donors (Lipinski definition) is 1. The molecular weight excluding hydrogens is 546 g/mol. The molecular formula is C42H45N3. The summed E-state index contributed by atoms with van der Waals surface area (Å²) in [6.07, 6.45) is 27.9. The van der Waals surface area contributed by atoms with Crippen LogP contribution in [0.25, 0.3) is 0 Å². The van der Waals surface area contributed by atoms with Gasteiger partial charge in [-0.25, -0.2) is 9.98 Å². The summed E-state index contributed by atoms with van der Waals surface area (Å²) >= 11 is 0. The third-order valence-electron chi connectivity index (χ3n) is 12.6. The number of fused-ring (bicyclic) bond motifs is 8. The molecule has 2 fully saturated rings. The molecule has 1 N–H and O–H groups in total. The lowest BCUT2D eigenvalue weighted by atomic mass is 9.62. The third-order valence-corrected chi connectivity index (χ3v) is 12.6. The molecule has 0 saturated heterocycles. The number of aliphatic imine (C=N–C) groups is 2. The van der Waals surface area contributed by atoms with Gasteiger partial charge in [-0.15, -0.1) is 0 Å². The van der Waals surface area contributed by atoms with E-state index in [-0.39, 0.29) is 11.6 Å². The van der Waals surface area contributed by atoms with Gasteiger partial charge in [0.1, 0.15) is 11.7 Å². The van der Waals surface area contributed by atoms with Crippen LogP contribution >= 0.6 is 0 Å². The van der Waals surface area contributed by atoms with Crippen molar-refractivity contribution in [3.8, 4) is 0 Å². The van der Waals surface area contributed by atoms with E-state index in [9.17, 15) is 0 Å². The quantitative estimate of drug-likeness (QED) is 0.355. The van der Waals surface area contributed by atoms with Gasteiger partial charge >= 0.3 is 0 Å². The van der Waals surface area contributed by atoms with Crippen LogP contribution in [-0.2, 0) is 5.41 Å². The van der Waals surface area contributed by atoms with Gasteiger partial charge in [0, 0.05) is 22.5 Å². The fraction of sp³-hybridized carbons (Fsp3) is 0.429. The molecule has 3 nitrogen and oxygen atoms in total. The van der Waals surface area contributed by atoms with Crippen LogP contribution in [0.4, 0.5) is 0 Å². The van der Waals surface area contributed by atoms with Crippen molar-refractivity contribution >= 4 is 11.7 Å². The Labute approximate surface area is 268 Å². The van der Waals surface area contributed by atoms with Crippen molar-refractivity contribution in [2.45, 2.75) is 89.1 Å². The van der Waals surface area contributed by atoms with Gasteiger partial charge in [0.25, 0.3) is 0 Å².